The van der Waals surface area contributed by atoms with Crippen molar-refractivity contribution in [3.63, 3.8) is 0 Å². The zero-order valence-electron chi connectivity index (χ0n) is 4.14. The first-order valence-electron chi connectivity index (χ1n) is 2.23. The van der Waals surface area contributed by atoms with Crippen LogP contribution in [0.2, 0.25) is 0 Å². The number of hydrogen-bond donors (Lipinski definition) is 1. The van der Waals surface area contributed by atoms with Gasteiger partial charge in [0.25, 0.3) is 5.91 Å². The first-order chi connectivity index (χ1) is 3.84. The summed E-state index contributed by atoms with van der Waals surface area (Å²) in [6, 6.07) is 1.76. The molecule has 1 amide bonds. The van der Waals surface area contributed by atoms with Gasteiger partial charge in [0.2, 0.25) is 0 Å². The molecule has 0 aromatic heterocycles. The molecule has 0 saturated carbocycles. The predicted octanol–water partition coefficient (Wildman–Crippen LogP) is -0.434. The van der Waals surface area contributed by atoms with Crippen molar-refractivity contribution in [3.8, 4) is 6.07 Å². The van der Waals surface area contributed by atoms with Gasteiger partial charge in [0, 0.05) is 6.54 Å². The number of hydrogen-bond acceptors (Lipinski definition) is 2. The summed E-state index contributed by atoms with van der Waals surface area (Å²) in [5.74, 6) is -0.257. The molecule has 1 heterocycles. The number of nitrogens with one attached hydrogen (secondary N) is 1. The first-order valence-corrected chi connectivity index (χ1v) is 2.23. The third-order valence-corrected chi connectivity index (χ3v) is 0.934. The molecule has 1 rings (SSSR count). The van der Waals surface area contributed by atoms with Crippen LogP contribution in [0.1, 0.15) is 0 Å². The van der Waals surface area contributed by atoms with E-state index in [9.17, 15) is 4.79 Å². The van der Waals surface area contributed by atoms with Crippen molar-refractivity contribution in [1.82, 2.24) is 5.32 Å². The molecule has 1 aliphatic rings. The zero-order chi connectivity index (χ0) is 5.98. The van der Waals surface area contributed by atoms with E-state index in [0.717, 1.165) is 0 Å². The second kappa shape index (κ2) is 1.66. The molecule has 0 aromatic carbocycles. The molecule has 0 unspecified atom stereocenters. The van der Waals surface area contributed by atoms with Crippen molar-refractivity contribution >= 4 is 5.91 Å². The molecule has 0 fully saturated rings. The van der Waals surface area contributed by atoms with Crippen LogP contribution in [0, 0.1) is 11.3 Å². The van der Waals surface area contributed by atoms with Crippen LogP contribution in [0.4, 0.5) is 0 Å². The van der Waals surface area contributed by atoms with E-state index in [1.54, 1.807) is 12.1 Å². The molecule has 1 aliphatic heterocycles. The summed E-state index contributed by atoms with van der Waals surface area (Å²) in [5.41, 5.74) is 0.227. The van der Waals surface area contributed by atoms with E-state index >= 15 is 0 Å². The molecule has 0 spiro atoms. The molecule has 0 atom stereocenters. The number of amides is 1. The fourth-order valence-corrected chi connectivity index (χ4v) is 0.530. The average Bonchev–Trinajstić information content (AvgIpc) is 2.14. The van der Waals surface area contributed by atoms with Crippen molar-refractivity contribution in [2.75, 3.05) is 6.54 Å². The highest BCUT2D eigenvalue weighted by molar-refractivity contribution is 5.99. The van der Waals surface area contributed by atoms with Gasteiger partial charge in [0.05, 0.1) is 0 Å². The minimum atomic E-state index is -0.257. The maximum absolute atomic E-state index is 10.4. The van der Waals surface area contributed by atoms with Gasteiger partial charge < -0.3 is 5.32 Å². The van der Waals surface area contributed by atoms with Crippen LogP contribution < -0.4 is 5.32 Å². The molecule has 0 aromatic rings. The lowest BCUT2D eigenvalue weighted by molar-refractivity contribution is -0.116. The zero-order valence-corrected chi connectivity index (χ0v) is 4.14. The topological polar surface area (TPSA) is 52.9 Å². The molecule has 3 nitrogen and oxygen atoms in total. The van der Waals surface area contributed by atoms with E-state index in [4.69, 9.17) is 5.26 Å². The Morgan fingerprint density at radius 1 is 1.88 bits per heavy atom. The summed E-state index contributed by atoms with van der Waals surface area (Å²) < 4.78 is 0. The van der Waals surface area contributed by atoms with Gasteiger partial charge in [0.1, 0.15) is 11.6 Å². The van der Waals surface area contributed by atoms with Crippen LogP contribution in [-0.2, 0) is 4.79 Å². The van der Waals surface area contributed by atoms with Gasteiger partial charge in [-0.05, 0) is 6.08 Å². The number of rotatable bonds is 0. The van der Waals surface area contributed by atoms with Gasteiger partial charge in [-0.3, -0.25) is 4.79 Å². The predicted molar refractivity (Wildman–Crippen MR) is 26.7 cm³/mol. The van der Waals surface area contributed by atoms with Crippen LogP contribution >= 0.6 is 0 Å². The Bertz CT molecular complexity index is 187. The fraction of sp³-hybridized carbons (Fsp3) is 0.200. The van der Waals surface area contributed by atoms with Gasteiger partial charge in [0.15, 0.2) is 0 Å². The van der Waals surface area contributed by atoms with Gasteiger partial charge in [-0.15, -0.1) is 0 Å². The van der Waals surface area contributed by atoms with Crippen molar-refractivity contribution < 1.29 is 4.79 Å². The number of nitriles is 1. The number of nitrogens with zero attached hydrogens (tertiary/aromatic N) is 1. The highest BCUT2D eigenvalue weighted by Crippen LogP contribution is 1.96. The van der Waals surface area contributed by atoms with Gasteiger partial charge >= 0.3 is 0 Å². The molecule has 0 bridgehead atoms. The van der Waals surface area contributed by atoms with Gasteiger partial charge in [-0.1, -0.05) is 0 Å². The summed E-state index contributed by atoms with van der Waals surface area (Å²) in [5, 5.41) is 10.6. The highest BCUT2D eigenvalue weighted by atomic mass is 16.1. The van der Waals surface area contributed by atoms with Gasteiger partial charge in [-0.25, -0.2) is 0 Å². The van der Waals surface area contributed by atoms with Crippen LogP contribution in [0.5, 0.6) is 0 Å². The number of carbonyl (C=O) groups is 1. The summed E-state index contributed by atoms with van der Waals surface area (Å²) in [7, 11) is 0. The minimum absolute atomic E-state index is 0.227. The first kappa shape index (κ1) is 4.85. The summed E-state index contributed by atoms with van der Waals surface area (Å²) in [6.07, 6.45) is 1.57. The Balaban J connectivity index is 2.81. The highest BCUT2D eigenvalue weighted by Gasteiger charge is 2.11. The molecule has 1 N–H and O–H groups in total. The van der Waals surface area contributed by atoms with Crippen LogP contribution in [0.15, 0.2) is 11.6 Å². The lowest BCUT2D eigenvalue weighted by Crippen LogP contribution is -2.16. The smallest absolute Gasteiger partial charge is 0.261 e. The summed E-state index contributed by atoms with van der Waals surface area (Å²) >= 11 is 0. The molecule has 3 heteroatoms. The Morgan fingerprint density at radius 2 is 2.62 bits per heavy atom. The van der Waals surface area contributed by atoms with Crippen LogP contribution in [0.25, 0.3) is 0 Å². The van der Waals surface area contributed by atoms with E-state index in [0.29, 0.717) is 6.54 Å². The van der Waals surface area contributed by atoms with Crippen molar-refractivity contribution in [3.05, 3.63) is 11.6 Å². The SMILES string of the molecule is N#CC1=CCNC1=O. The normalized spacial score (nSPS) is 16.9. The lowest BCUT2D eigenvalue weighted by Gasteiger charge is -1.84. The third-order valence-electron chi connectivity index (χ3n) is 0.934. The van der Waals surface area contributed by atoms with E-state index in [-0.39, 0.29) is 11.5 Å². The summed E-state index contributed by atoms with van der Waals surface area (Å²) in [6.45, 7) is 0.502. The quantitative estimate of drug-likeness (QED) is 0.457. The van der Waals surface area contributed by atoms with Crippen LogP contribution in [0.3, 0.4) is 0 Å². The molecular weight excluding hydrogens is 104 g/mol. The molecule has 0 saturated heterocycles. The molecule has 0 aliphatic carbocycles. The Kier molecular flexibility index (Phi) is 1.01. The molecule has 0 radical (unpaired) electrons. The Hall–Kier alpha value is -1.30. The Labute approximate surface area is 46.6 Å². The van der Waals surface area contributed by atoms with Crippen molar-refractivity contribution in [2.45, 2.75) is 0 Å². The van der Waals surface area contributed by atoms with Gasteiger partial charge in [-0.2, -0.15) is 5.26 Å². The molecular formula is C5H4N2O. The third kappa shape index (κ3) is 0.562. The largest absolute Gasteiger partial charge is 0.348 e. The second-order valence-electron chi connectivity index (χ2n) is 1.44. The standard InChI is InChI=1S/C5H4N2O/c6-3-4-1-2-7-5(4)8/h1H,2H2,(H,7,8). The Morgan fingerprint density at radius 3 is 2.88 bits per heavy atom. The summed E-state index contributed by atoms with van der Waals surface area (Å²) in [4.78, 5) is 10.4. The van der Waals surface area contributed by atoms with E-state index in [1.165, 1.54) is 0 Å². The maximum Gasteiger partial charge on any atom is 0.261 e. The second-order valence-corrected chi connectivity index (χ2v) is 1.44. The average molecular weight is 108 g/mol. The van der Waals surface area contributed by atoms with E-state index < -0.39 is 0 Å². The fourth-order valence-electron chi connectivity index (χ4n) is 0.530. The monoisotopic (exact) mass is 108 g/mol. The van der Waals surface area contributed by atoms with Crippen molar-refractivity contribution in [2.24, 2.45) is 0 Å². The molecule has 40 valence electrons. The lowest BCUT2D eigenvalue weighted by atomic mass is 10.3. The maximum atomic E-state index is 10.4. The van der Waals surface area contributed by atoms with E-state index in [2.05, 4.69) is 5.32 Å². The van der Waals surface area contributed by atoms with E-state index in [1.807, 2.05) is 0 Å². The minimum Gasteiger partial charge on any atom is -0.348 e. The van der Waals surface area contributed by atoms with Crippen LogP contribution in [-0.4, -0.2) is 12.5 Å². The number of carbonyl (C=O) groups excluding carboxylic acids is 1. The van der Waals surface area contributed by atoms with Crippen molar-refractivity contribution in [1.29, 1.82) is 5.26 Å². The molecule has 8 heavy (non-hydrogen) atoms.